The zero-order chi connectivity index (χ0) is 8.85. The Morgan fingerprint density at radius 1 is 1.91 bits per heavy atom. The summed E-state index contributed by atoms with van der Waals surface area (Å²) in [6.45, 7) is 1.79. The molecule has 1 atom stereocenters. The molecule has 0 heterocycles. The van der Waals surface area contributed by atoms with Crippen molar-refractivity contribution in [2.75, 3.05) is 7.05 Å². The molecule has 0 spiro atoms. The van der Waals surface area contributed by atoms with Crippen LogP contribution in [0, 0.1) is 11.3 Å². The maximum absolute atomic E-state index is 10.4. The fourth-order valence-electron chi connectivity index (χ4n) is 0.577. The van der Waals surface area contributed by atoms with E-state index in [1.54, 1.807) is 6.92 Å². The van der Waals surface area contributed by atoms with E-state index >= 15 is 0 Å². The fraction of sp³-hybridized carbons (Fsp3) is 0.667. The van der Waals surface area contributed by atoms with Gasteiger partial charge in [-0.25, -0.2) is 10.2 Å². The van der Waals surface area contributed by atoms with Crippen molar-refractivity contribution in [1.29, 1.82) is 5.26 Å². The van der Waals surface area contributed by atoms with E-state index in [9.17, 15) is 4.79 Å². The lowest BCUT2D eigenvalue weighted by Gasteiger charge is -2.19. The number of hydrogen-bond acceptors (Lipinski definition) is 3. The SMILES string of the molecule is CC(CC#N)NN(C)C(N)=O. The van der Waals surface area contributed by atoms with Gasteiger partial charge in [0.1, 0.15) is 0 Å². The third-order valence-corrected chi connectivity index (χ3v) is 1.14. The van der Waals surface area contributed by atoms with E-state index in [0.29, 0.717) is 6.42 Å². The Balaban J connectivity index is 3.67. The van der Waals surface area contributed by atoms with Gasteiger partial charge in [-0.1, -0.05) is 0 Å². The van der Waals surface area contributed by atoms with Crippen LogP contribution in [0.5, 0.6) is 0 Å². The number of rotatable bonds is 3. The molecule has 0 aliphatic rings. The van der Waals surface area contributed by atoms with Crippen LogP contribution in [-0.4, -0.2) is 24.1 Å². The van der Waals surface area contributed by atoms with Gasteiger partial charge in [-0.15, -0.1) is 0 Å². The number of urea groups is 1. The molecule has 0 fully saturated rings. The third-order valence-electron chi connectivity index (χ3n) is 1.14. The average molecular weight is 156 g/mol. The summed E-state index contributed by atoms with van der Waals surface area (Å²) in [6.07, 6.45) is 0.345. The van der Waals surface area contributed by atoms with Gasteiger partial charge >= 0.3 is 6.03 Å². The first-order valence-electron chi connectivity index (χ1n) is 3.24. The highest BCUT2D eigenvalue weighted by molar-refractivity contribution is 5.70. The summed E-state index contributed by atoms with van der Waals surface area (Å²) in [4.78, 5) is 10.4. The van der Waals surface area contributed by atoms with Crippen LogP contribution >= 0.6 is 0 Å². The van der Waals surface area contributed by atoms with Crippen LogP contribution in [0.25, 0.3) is 0 Å². The quantitative estimate of drug-likeness (QED) is 0.555. The van der Waals surface area contributed by atoms with Crippen LogP contribution < -0.4 is 11.2 Å². The van der Waals surface area contributed by atoms with Crippen LogP contribution in [0.1, 0.15) is 13.3 Å². The van der Waals surface area contributed by atoms with Crippen molar-refractivity contribution in [1.82, 2.24) is 10.4 Å². The summed E-state index contributed by atoms with van der Waals surface area (Å²) in [5.74, 6) is 0. The van der Waals surface area contributed by atoms with Crippen LogP contribution in [0.2, 0.25) is 0 Å². The number of nitrogens with zero attached hydrogens (tertiary/aromatic N) is 2. The largest absolute Gasteiger partial charge is 0.350 e. The van der Waals surface area contributed by atoms with E-state index in [-0.39, 0.29) is 6.04 Å². The van der Waals surface area contributed by atoms with Crippen LogP contribution in [0.3, 0.4) is 0 Å². The molecule has 5 nitrogen and oxygen atoms in total. The zero-order valence-corrected chi connectivity index (χ0v) is 6.66. The molecule has 0 aromatic heterocycles. The molecule has 0 saturated heterocycles. The summed E-state index contributed by atoms with van der Waals surface area (Å²) in [6, 6.07) is 1.35. The highest BCUT2D eigenvalue weighted by Crippen LogP contribution is 1.88. The van der Waals surface area contributed by atoms with Crippen LogP contribution in [0.15, 0.2) is 0 Å². The molecule has 0 rings (SSSR count). The summed E-state index contributed by atoms with van der Waals surface area (Å²) in [5.41, 5.74) is 7.64. The molecule has 0 bridgehead atoms. The van der Waals surface area contributed by atoms with Gasteiger partial charge in [-0.3, -0.25) is 5.01 Å². The molecule has 0 saturated carbocycles. The van der Waals surface area contributed by atoms with Crippen molar-refractivity contribution in [3.8, 4) is 6.07 Å². The Labute approximate surface area is 65.7 Å². The Morgan fingerprint density at radius 3 is 2.82 bits per heavy atom. The molecule has 0 aromatic carbocycles. The number of nitriles is 1. The molecular formula is C6H12N4O. The molecule has 3 N–H and O–H groups in total. The number of carbonyl (C=O) groups excluding carboxylic acids is 1. The van der Waals surface area contributed by atoms with E-state index < -0.39 is 6.03 Å². The Hall–Kier alpha value is -1.28. The van der Waals surface area contributed by atoms with Crippen molar-refractivity contribution in [3.05, 3.63) is 0 Å². The topological polar surface area (TPSA) is 82.2 Å². The molecule has 0 aromatic rings. The van der Waals surface area contributed by atoms with Gasteiger partial charge in [0.15, 0.2) is 0 Å². The Bertz CT molecular complexity index is 174. The lowest BCUT2D eigenvalue weighted by molar-refractivity contribution is 0.187. The Kier molecular flexibility index (Phi) is 4.00. The van der Waals surface area contributed by atoms with Crippen molar-refractivity contribution in [3.63, 3.8) is 0 Å². The maximum atomic E-state index is 10.4. The molecule has 1 unspecified atom stereocenters. The van der Waals surface area contributed by atoms with Gasteiger partial charge in [0.2, 0.25) is 0 Å². The van der Waals surface area contributed by atoms with Crippen molar-refractivity contribution >= 4 is 6.03 Å². The van der Waals surface area contributed by atoms with Crippen molar-refractivity contribution in [2.24, 2.45) is 5.73 Å². The number of hydrazine groups is 1. The van der Waals surface area contributed by atoms with Gasteiger partial charge in [0.25, 0.3) is 0 Å². The van der Waals surface area contributed by atoms with Crippen LogP contribution in [-0.2, 0) is 0 Å². The van der Waals surface area contributed by atoms with Gasteiger partial charge < -0.3 is 5.73 Å². The van der Waals surface area contributed by atoms with Gasteiger partial charge in [-0.05, 0) is 6.92 Å². The van der Waals surface area contributed by atoms with E-state index in [1.165, 1.54) is 7.05 Å². The number of nitrogens with one attached hydrogen (secondary N) is 1. The summed E-state index contributed by atoms with van der Waals surface area (Å²) >= 11 is 0. The normalized spacial score (nSPS) is 11.7. The zero-order valence-electron chi connectivity index (χ0n) is 6.66. The summed E-state index contributed by atoms with van der Waals surface area (Å²) in [7, 11) is 1.51. The lowest BCUT2D eigenvalue weighted by Crippen LogP contribution is -2.46. The summed E-state index contributed by atoms with van der Waals surface area (Å²) < 4.78 is 0. The first-order chi connectivity index (χ1) is 5.07. The minimum Gasteiger partial charge on any atom is -0.350 e. The number of nitrogens with two attached hydrogens (primary N) is 1. The minimum absolute atomic E-state index is 0.0579. The highest BCUT2D eigenvalue weighted by atomic mass is 16.2. The average Bonchev–Trinajstić information content (AvgIpc) is 1.87. The molecule has 2 amide bonds. The molecule has 0 radical (unpaired) electrons. The van der Waals surface area contributed by atoms with Crippen molar-refractivity contribution < 1.29 is 4.79 Å². The minimum atomic E-state index is -0.560. The fourth-order valence-corrected chi connectivity index (χ4v) is 0.577. The van der Waals surface area contributed by atoms with E-state index in [1.807, 2.05) is 6.07 Å². The van der Waals surface area contributed by atoms with Gasteiger partial charge in [-0.2, -0.15) is 5.26 Å². The molecule has 0 aliphatic carbocycles. The first-order valence-corrected chi connectivity index (χ1v) is 3.24. The van der Waals surface area contributed by atoms with Gasteiger partial charge in [0, 0.05) is 13.1 Å². The number of amides is 2. The molecule has 5 heteroatoms. The Morgan fingerprint density at radius 2 is 2.45 bits per heavy atom. The summed E-state index contributed by atoms with van der Waals surface area (Å²) in [5, 5.41) is 9.42. The smallest absolute Gasteiger partial charge is 0.328 e. The second-order valence-corrected chi connectivity index (χ2v) is 2.29. The lowest BCUT2D eigenvalue weighted by atomic mass is 10.3. The highest BCUT2D eigenvalue weighted by Gasteiger charge is 2.06. The maximum Gasteiger partial charge on any atom is 0.328 e. The van der Waals surface area contributed by atoms with E-state index in [4.69, 9.17) is 11.0 Å². The van der Waals surface area contributed by atoms with Crippen molar-refractivity contribution in [2.45, 2.75) is 19.4 Å². The van der Waals surface area contributed by atoms with E-state index in [0.717, 1.165) is 5.01 Å². The molecule has 0 aliphatic heterocycles. The number of hydrogen-bond donors (Lipinski definition) is 2. The number of primary amides is 1. The van der Waals surface area contributed by atoms with Gasteiger partial charge in [0.05, 0.1) is 12.5 Å². The van der Waals surface area contributed by atoms with Crippen LogP contribution in [0.4, 0.5) is 4.79 Å². The number of carbonyl (C=O) groups is 1. The third kappa shape index (κ3) is 4.17. The second kappa shape index (κ2) is 4.52. The first kappa shape index (κ1) is 9.72. The molecular weight excluding hydrogens is 144 g/mol. The second-order valence-electron chi connectivity index (χ2n) is 2.29. The monoisotopic (exact) mass is 156 g/mol. The standard InChI is InChI=1S/C6H12N4O/c1-5(3-4-7)9-10(2)6(8)11/h5,9H,3H2,1-2H3,(H2,8,11). The predicted octanol–water partition coefficient (Wildman–Crippen LogP) is -0.196. The molecule has 62 valence electrons. The molecule has 11 heavy (non-hydrogen) atoms. The predicted molar refractivity (Wildman–Crippen MR) is 40.2 cm³/mol. The van der Waals surface area contributed by atoms with E-state index in [2.05, 4.69) is 5.43 Å².